The number of piperidine rings is 1. The van der Waals surface area contributed by atoms with E-state index in [1.807, 2.05) is 19.1 Å². The Hall–Kier alpha value is -2.42. The summed E-state index contributed by atoms with van der Waals surface area (Å²) in [5.74, 6) is -0.395. The molecule has 0 aliphatic carbocycles. The van der Waals surface area contributed by atoms with Gasteiger partial charge in [-0.25, -0.2) is 13.1 Å². The first-order valence-electron chi connectivity index (χ1n) is 13.4. The molecule has 0 radical (unpaired) electrons. The van der Waals surface area contributed by atoms with Crippen LogP contribution >= 0.6 is 0 Å². The molecular weight excluding hydrogens is 486 g/mol. The quantitative estimate of drug-likeness (QED) is 0.372. The Balaban J connectivity index is 1.39. The second-order valence-corrected chi connectivity index (χ2v) is 13.5. The van der Waals surface area contributed by atoms with Crippen molar-refractivity contribution in [3.63, 3.8) is 0 Å². The molecule has 2 fully saturated rings. The van der Waals surface area contributed by atoms with Crippen LogP contribution in [0.15, 0.2) is 53.4 Å². The Morgan fingerprint density at radius 1 is 1.00 bits per heavy atom. The summed E-state index contributed by atoms with van der Waals surface area (Å²) >= 11 is 0. The zero-order valence-corrected chi connectivity index (χ0v) is 23.5. The van der Waals surface area contributed by atoms with Gasteiger partial charge < -0.3 is 15.0 Å². The molecule has 4 rings (SSSR count). The molecule has 1 unspecified atom stereocenters. The number of sulfonamides is 1. The number of rotatable bonds is 8. The molecule has 2 aliphatic rings. The van der Waals surface area contributed by atoms with E-state index in [0.29, 0.717) is 25.0 Å². The summed E-state index contributed by atoms with van der Waals surface area (Å²) in [5.41, 5.74) is 1.77. The van der Waals surface area contributed by atoms with Crippen molar-refractivity contribution >= 4 is 21.7 Å². The molecule has 0 amide bonds. The van der Waals surface area contributed by atoms with E-state index in [1.54, 1.807) is 12.1 Å². The maximum Gasteiger partial charge on any atom is 0.318 e. The maximum atomic E-state index is 13.1. The fourth-order valence-corrected chi connectivity index (χ4v) is 7.23. The highest BCUT2D eigenvalue weighted by Gasteiger charge is 2.39. The number of nitrogens with zero attached hydrogens (tertiary/aromatic N) is 1. The van der Waals surface area contributed by atoms with Gasteiger partial charge in [0.2, 0.25) is 10.0 Å². The molecule has 2 N–H and O–H groups in total. The van der Waals surface area contributed by atoms with Gasteiger partial charge in [-0.1, -0.05) is 19.1 Å². The summed E-state index contributed by atoms with van der Waals surface area (Å²) in [6.45, 7) is 12.5. The normalized spacial score (nSPS) is 20.5. The van der Waals surface area contributed by atoms with Crippen molar-refractivity contribution in [3.05, 3.63) is 54.1 Å². The SMILES string of the molecule is CCC(C(=O)Oc1ccc(S(=O)(=O)NC2CC(C)(C)NC(C)(C)C2)cc1)c1ccc(N2CCCC2)cc1. The van der Waals surface area contributed by atoms with Crippen LogP contribution in [0.4, 0.5) is 5.69 Å². The molecule has 2 aromatic carbocycles. The van der Waals surface area contributed by atoms with Gasteiger partial charge in [0.25, 0.3) is 0 Å². The van der Waals surface area contributed by atoms with Crippen molar-refractivity contribution in [1.29, 1.82) is 0 Å². The maximum absolute atomic E-state index is 13.1. The minimum atomic E-state index is -3.70. The average molecular weight is 528 g/mol. The van der Waals surface area contributed by atoms with Gasteiger partial charge in [0.1, 0.15) is 5.75 Å². The van der Waals surface area contributed by atoms with E-state index in [4.69, 9.17) is 4.74 Å². The van der Waals surface area contributed by atoms with E-state index in [0.717, 1.165) is 18.7 Å². The molecule has 37 heavy (non-hydrogen) atoms. The zero-order valence-electron chi connectivity index (χ0n) is 22.7. The lowest BCUT2D eigenvalue weighted by molar-refractivity contribution is -0.136. The van der Waals surface area contributed by atoms with Crippen LogP contribution in [0.5, 0.6) is 5.75 Å². The molecule has 2 saturated heterocycles. The number of esters is 1. The van der Waals surface area contributed by atoms with E-state index < -0.39 is 10.0 Å². The monoisotopic (exact) mass is 527 g/mol. The van der Waals surface area contributed by atoms with Crippen molar-refractivity contribution in [2.45, 2.75) is 94.7 Å². The number of nitrogens with one attached hydrogen (secondary N) is 2. The van der Waals surface area contributed by atoms with Crippen LogP contribution in [0.1, 0.15) is 78.2 Å². The van der Waals surface area contributed by atoms with Crippen LogP contribution < -0.4 is 19.7 Å². The van der Waals surface area contributed by atoms with Gasteiger partial charge in [0, 0.05) is 35.9 Å². The van der Waals surface area contributed by atoms with E-state index in [2.05, 4.69) is 54.8 Å². The van der Waals surface area contributed by atoms with Crippen molar-refractivity contribution in [1.82, 2.24) is 10.0 Å². The summed E-state index contributed by atoms with van der Waals surface area (Å²) in [4.78, 5) is 15.5. The number of carbonyl (C=O) groups excluding carboxylic acids is 1. The van der Waals surface area contributed by atoms with Gasteiger partial charge >= 0.3 is 5.97 Å². The lowest BCUT2D eigenvalue weighted by Crippen LogP contribution is -2.62. The predicted octanol–water partition coefficient (Wildman–Crippen LogP) is 4.97. The third-order valence-corrected chi connectivity index (χ3v) is 8.86. The number of ether oxygens (including phenoxy) is 1. The highest BCUT2D eigenvalue weighted by molar-refractivity contribution is 7.89. The Morgan fingerprint density at radius 3 is 2.11 bits per heavy atom. The van der Waals surface area contributed by atoms with Crippen LogP contribution in [0.3, 0.4) is 0 Å². The first-order valence-corrected chi connectivity index (χ1v) is 14.8. The van der Waals surface area contributed by atoms with E-state index in [9.17, 15) is 13.2 Å². The molecular formula is C29H41N3O4S. The molecule has 1 atom stereocenters. The highest BCUT2D eigenvalue weighted by atomic mass is 32.2. The van der Waals surface area contributed by atoms with E-state index >= 15 is 0 Å². The fourth-order valence-electron chi connectivity index (χ4n) is 6.00. The molecule has 2 aromatic rings. The smallest absolute Gasteiger partial charge is 0.318 e. The molecule has 2 aliphatic heterocycles. The van der Waals surface area contributed by atoms with E-state index in [-0.39, 0.29) is 33.9 Å². The molecule has 202 valence electrons. The summed E-state index contributed by atoms with van der Waals surface area (Å²) in [6.07, 6.45) is 4.44. The molecule has 0 bridgehead atoms. The highest BCUT2D eigenvalue weighted by Crippen LogP contribution is 2.30. The Labute approximate surface area is 222 Å². The number of anilines is 1. The molecule has 0 aromatic heterocycles. The first kappa shape index (κ1) is 27.6. The van der Waals surface area contributed by atoms with Crippen LogP contribution in [0, 0.1) is 0 Å². The van der Waals surface area contributed by atoms with Crippen molar-refractivity contribution in [2.75, 3.05) is 18.0 Å². The first-order chi connectivity index (χ1) is 17.4. The van der Waals surface area contributed by atoms with Gasteiger partial charge in [-0.2, -0.15) is 0 Å². The topological polar surface area (TPSA) is 87.7 Å². The average Bonchev–Trinajstić information content (AvgIpc) is 3.33. The Kier molecular flexibility index (Phi) is 8.02. The molecule has 0 saturated carbocycles. The third kappa shape index (κ3) is 6.92. The zero-order chi connectivity index (χ0) is 26.8. The summed E-state index contributed by atoms with van der Waals surface area (Å²) in [5, 5.41) is 3.57. The summed E-state index contributed by atoms with van der Waals surface area (Å²) < 4.78 is 34.7. The van der Waals surface area contributed by atoms with Crippen LogP contribution in [-0.2, 0) is 14.8 Å². The van der Waals surface area contributed by atoms with Crippen molar-refractivity contribution < 1.29 is 17.9 Å². The lowest BCUT2D eigenvalue weighted by atomic mass is 9.80. The minimum Gasteiger partial charge on any atom is -0.426 e. The van der Waals surface area contributed by atoms with Crippen LogP contribution in [0.25, 0.3) is 0 Å². The molecule has 0 spiro atoms. The molecule has 7 nitrogen and oxygen atoms in total. The lowest BCUT2D eigenvalue weighted by Gasteiger charge is -2.46. The van der Waals surface area contributed by atoms with Gasteiger partial charge in [-0.15, -0.1) is 0 Å². The second kappa shape index (κ2) is 10.8. The van der Waals surface area contributed by atoms with Gasteiger partial charge in [-0.05, 0) is 102 Å². The molecule has 2 heterocycles. The van der Waals surface area contributed by atoms with Gasteiger partial charge in [-0.3, -0.25) is 4.79 Å². The fraction of sp³-hybridized carbons (Fsp3) is 0.552. The summed E-state index contributed by atoms with van der Waals surface area (Å²) in [7, 11) is -3.70. The van der Waals surface area contributed by atoms with Gasteiger partial charge in [0.05, 0.1) is 10.8 Å². The predicted molar refractivity (Wildman–Crippen MR) is 148 cm³/mol. The number of hydrogen-bond acceptors (Lipinski definition) is 6. The number of carbonyl (C=O) groups is 1. The standard InChI is InChI=1S/C29H41N3O4S/c1-6-26(21-9-11-23(12-10-21)32-17-7-8-18-32)27(33)36-24-13-15-25(16-14-24)37(34,35)30-22-19-28(2,3)31-29(4,5)20-22/h9-16,22,26,30-31H,6-8,17-20H2,1-5H3. The van der Waals surface area contributed by atoms with Crippen LogP contribution in [0.2, 0.25) is 0 Å². The second-order valence-electron chi connectivity index (χ2n) is 11.8. The third-order valence-electron chi connectivity index (χ3n) is 7.32. The van der Waals surface area contributed by atoms with Crippen LogP contribution in [-0.4, -0.2) is 44.6 Å². The Morgan fingerprint density at radius 2 is 1.57 bits per heavy atom. The van der Waals surface area contributed by atoms with Crippen molar-refractivity contribution in [3.8, 4) is 5.75 Å². The van der Waals surface area contributed by atoms with E-state index in [1.165, 1.54) is 30.7 Å². The number of benzene rings is 2. The van der Waals surface area contributed by atoms with Crippen molar-refractivity contribution in [2.24, 2.45) is 0 Å². The minimum absolute atomic E-state index is 0.158. The number of hydrogen-bond donors (Lipinski definition) is 2. The molecule has 8 heteroatoms. The van der Waals surface area contributed by atoms with Gasteiger partial charge in [0.15, 0.2) is 0 Å². The Bertz CT molecular complexity index is 1170. The summed E-state index contributed by atoms with van der Waals surface area (Å²) in [6, 6.07) is 14.1. The largest absolute Gasteiger partial charge is 0.426 e.